The minimum atomic E-state index is -0.279. The highest BCUT2D eigenvalue weighted by molar-refractivity contribution is 6.29. The Kier molecular flexibility index (Phi) is 4.10. The first-order valence-corrected chi connectivity index (χ1v) is 5.96. The van der Waals surface area contributed by atoms with E-state index in [-0.39, 0.29) is 12.2 Å². The van der Waals surface area contributed by atoms with E-state index >= 15 is 0 Å². The number of rotatable bonds is 4. The van der Waals surface area contributed by atoms with Crippen molar-refractivity contribution in [2.75, 3.05) is 6.61 Å². The molecule has 94 valence electrons. The maximum absolute atomic E-state index is 13.5. The Labute approximate surface area is 110 Å². The molecule has 0 radical (unpaired) electrons. The fraction of sp³-hybridized carbons (Fsp3) is 0.231. The predicted octanol–water partition coefficient (Wildman–Crippen LogP) is 3.26. The van der Waals surface area contributed by atoms with E-state index < -0.39 is 0 Å². The molecule has 1 aromatic heterocycles. The first-order valence-electron chi connectivity index (χ1n) is 5.58. The number of hydrogen-bond donors (Lipinski definition) is 0. The van der Waals surface area contributed by atoms with E-state index in [0.717, 1.165) is 0 Å². The van der Waals surface area contributed by atoms with Gasteiger partial charge in [-0.05, 0) is 18.6 Å². The lowest BCUT2D eigenvalue weighted by atomic mass is 10.1. The molecule has 3 nitrogen and oxygen atoms in total. The highest BCUT2D eigenvalue weighted by atomic mass is 35.5. The van der Waals surface area contributed by atoms with Gasteiger partial charge in [0.25, 0.3) is 0 Å². The molecule has 5 heteroatoms. The van der Waals surface area contributed by atoms with Crippen molar-refractivity contribution in [2.45, 2.75) is 13.3 Å². The first-order chi connectivity index (χ1) is 8.69. The molecule has 0 unspecified atom stereocenters. The Bertz CT molecular complexity index is 548. The Hall–Kier alpha value is -1.68. The topological polar surface area (TPSA) is 35.0 Å². The number of nitrogens with zero attached hydrogens (tertiary/aromatic N) is 2. The summed E-state index contributed by atoms with van der Waals surface area (Å²) in [6, 6.07) is 8.05. The van der Waals surface area contributed by atoms with E-state index in [1.807, 2.05) is 6.92 Å². The van der Waals surface area contributed by atoms with Crippen molar-refractivity contribution in [3.8, 4) is 5.88 Å². The normalized spacial score (nSPS) is 10.4. The number of ether oxygens (including phenoxy) is 1. The fourth-order valence-corrected chi connectivity index (χ4v) is 1.75. The smallest absolute Gasteiger partial charge is 0.218 e. The Morgan fingerprint density at radius 2 is 2.06 bits per heavy atom. The van der Waals surface area contributed by atoms with Crippen molar-refractivity contribution < 1.29 is 9.13 Å². The van der Waals surface area contributed by atoms with Gasteiger partial charge in [0.2, 0.25) is 5.88 Å². The van der Waals surface area contributed by atoms with E-state index in [2.05, 4.69) is 9.97 Å². The molecule has 2 aromatic rings. The summed E-state index contributed by atoms with van der Waals surface area (Å²) < 4.78 is 18.8. The van der Waals surface area contributed by atoms with Crippen molar-refractivity contribution >= 4 is 11.6 Å². The van der Waals surface area contributed by atoms with Gasteiger partial charge in [0.1, 0.15) is 16.8 Å². The lowest BCUT2D eigenvalue weighted by Gasteiger charge is -2.06. The summed E-state index contributed by atoms with van der Waals surface area (Å²) in [7, 11) is 0. The van der Waals surface area contributed by atoms with Gasteiger partial charge in [-0.25, -0.2) is 9.37 Å². The number of halogens is 2. The summed E-state index contributed by atoms with van der Waals surface area (Å²) >= 11 is 5.87. The summed E-state index contributed by atoms with van der Waals surface area (Å²) in [6.07, 6.45) is 0.285. The standard InChI is InChI=1S/C13H12ClFN2O/c1-2-18-13-8-11(14)16-12(17-13)7-9-5-3-4-6-10(9)15/h3-6,8H,2,7H2,1H3. The zero-order chi connectivity index (χ0) is 13.0. The molecule has 0 aliphatic carbocycles. The van der Waals surface area contributed by atoms with Gasteiger partial charge in [0.15, 0.2) is 0 Å². The van der Waals surface area contributed by atoms with Crippen molar-refractivity contribution in [1.29, 1.82) is 0 Å². The van der Waals surface area contributed by atoms with E-state index in [4.69, 9.17) is 16.3 Å². The van der Waals surface area contributed by atoms with Gasteiger partial charge in [-0.3, -0.25) is 0 Å². The number of benzene rings is 1. The van der Waals surface area contributed by atoms with E-state index in [1.165, 1.54) is 12.1 Å². The van der Waals surface area contributed by atoms with Crippen molar-refractivity contribution in [3.63, 3.8) is 0 Å². The maximum Gasteiger partial charge on any atom is 0.218 e. The summed E-state index contributed by atoms with van der Waals surface area (Å²) in [6.45, 7) is 2.35. The third kappa shape index (κ3) is 3.17. The van der Waals surface area contributed by atoms with E-state index in [0.29, 0.717) is 29.0 Å². The zero-order valence-electron chi connectivity index (χ0n) is 9.86. The molecule has 0 amide bonds. The quantitative estimate of drug-likeness (QED) is 0.797. The van der Waals surface area contributed by atoms with E-state index in [1.54, 1.807) is 18.2 Å². The van der Waals surface area contributed by atoms with Crippen LogP contribution in [0.4, 0.5) is 4.39 Å². The minimum absolute atomic E-state index is 0.279. The second-order valence-electron chi connectivity index (χ2n) is 3.65. The largest absolute Gasteiger partial charge is 0.478 e. The van der Waals surface area contributed by atoms with Gasteiger partial charge >= 0.3 is 0 Å². The minimum Gasteiger partial charge on any atom is -0.478 e. The lowest BCUT2D eigenvalue weighted by Crippen LogP contribution is -2.02. The van der Waals surface area contributed by atoms with Crippen LogP contribution in [0.1, 0.15) is 18.3 Å². The number of hydrogen-bond acceptors (Lipinski definition) is 3. The molecule has 18 heavy (non-hydrogen) atoms. The second-order valence-corrected chi connectivity index (χ2v) is 4.03. The first kappa shape index (κ1) is 12.8. The highest BCUT2D eigenvalue weighted by Crippen LogP contribution is 2.17. The average Bonchev–Trinajstić information content (AvgIpc) is 2.32. The number of aromatic nitrogens is 2. The van der Waals surface area contributed by atoms with Crippen LogP contribution in [0.25, 0.3) is 0 Å². The molecule has 0 aliphatic rings. The summed E-state index contributed by atoms with van der Waals surface area (Å²) in [5.74, 6) is 0.568. The van der Waals surface area contributed by atoms with Crippen LogP contribution in [0.2, 0.25) is 5.15 Å². The summed E-state index contributed by atoms with van der Waals surface area (Å²) in [4.78, 5) is 8.24. The van der Waals surface area contributed by atoms with Gasteiger partial charge < -0.3 is 4.74 Å². The maximum atomic E-state index is 13.5. The average molecular weight is 267 g/mol. The van der Waals surface area contributed by atoms with Gasteiger partial charge in [-0.15, -0.1) is 0 Å². The van der Waals surface area contributed by atoms with Crippen LogP contribution in [0.15, 0.2) is 30.3 Å². The molecule has 1 heterocycles. The molecular weight excluding hydrogens is 255 g/mol. The van der Waals surface area contributed by atoms with Crippen LogP contribution in [0.3, 0.4) is 0 Å². The van der Waals surface area contributed by atoms with Crippen molar-refractivity contribution in [2.24, 2.45) is 0 Å². The molecule has 2 rings (SSSR count). The Morgan fingerprint density at radius 1 is 1.28 bits per heavy atom. The molecule has 0 atom stereocenters. The van der Waals surface area contributed by atoms with Crippen LogP contribution in [-0.2, 0) is 6.42 Å². The van der Waals surface area contributed by atoms with Crippen molar-refractivity contribution in [3.05, 3.63) is 52.7 Å². The Balaban J connectivity index is 2.26. The molecule has 0 aliphatic heterocycles. The van der Waals surface area contributed by atoms with Gasteiger partial charge in [0.05, 0.1) is 6.61 Å². The van der Waals surface area contributed by atoms with Crippen LogP contribution in [-0.4, -0.2) is 16.6 Å². The molecular formula is C13H12ClFN2O. The van der Waals surface area contributed by atoms with Gasteiger partial charge in [-0.2, -0.15) is 4.98 Å². The molecule has 0 bridgehead atoms. The van der Waals surface area contributed by atoms with E-state index in [9.17, 15) is 4.39 Å². The van der Waals surface area contributed by atoms with Crippen LogP contribution in [0, 0.1) is 5.82 Å². The Morgan fingerprint density at radius 3 is 2.78 bits per heavy atom. The molecule has 0 saturated carbocycles. The highest BCUT2D eigenvalue weighted by Gasteiger charge is 2.08. The summed E-state index contributed by atoms with van der Waals surface area (Å²) in [5, 5.41) is 0.291. The van der Waals surface area contributed by atoms with Gasteiger partial charge in [0, 0.05) is 12.5 Å². The zero-order valence-corrected chi connectivity index (χ0v) is 10.6. The molecule has 0 N–H and O–H groups in total. The third-order valence-corrected chi connectivity index (χ3v) is 2.51. The lowest BCUT2D eigenvalue weighted by molar-refractivity contribution is 0.325. The van der Waals surface area contributed by atoms with Crippen LogP contribution >= 0.6 is 11.6 Å². The summed E-state index contributed by atoms with van der Waals surface area (Å²) in [5.41, 5.74) is 0.530. The van der Waals surface area contributed by atoms with Gasteiger partial charge in [-0.1, -0.05) is 29.8 Å². The SMILES string of the molecule is CCOc1cc(Cl)nc(Cc2ccccc2F)n1. The van der Waals surface area contributed by atoms with Crippen LogP contribution in [0.5, 0.6) is 5.88 Å². The molecule has 1 aromatic carbocycles. The monoisotopic (exact) mass is 266 g/mol. The molecule has 0 fully saturated rings. The molecule has 0 saturated heterocycles. The van der Waals surface area contributed by atoms with Crippen molar-refractivity contribution in [1.82, 2.24) is 9.97 Å². The molecule has 0 spiro atoms. The fourth-order valence-electron chi connectivity index (χ4n) is 1.55. The third-order valence-electron chi connectivity index (χ3n) is 2.32. The van der Waals surface area contributed by atoms with Crippen LogP contribution < -0.4 is 4.74 Å². The second kappa shape index (κ2) is 5.78. The predicted molar refractivity (Wildman–Crippen MR) is 67.4 cm³/mol.